The fraction of sp³-hybridized carbons (Fsp3) is 0.231. The molecule has 0 aliphatic rings. The maximum atomic E-state index is 11.5. The van der Waals surface area contributed by atoms with Crippen molar-refractivity contribution in [3.8, 4) is 11.8 Å². The molecule has 0 fully saturated rings. The van der Waals surface area contributed by atoms with Crippen molar-refractivity contribution in [2.45, 2.75) is 0 Å². The van der Waals surface area contributed by atoms with Crippen molar-refractivity contribution in [1.82, 2.24) is 0 Å². The molecule has 0 bridgehead atoms. The van der Waals surface area contributed by atoms with E-state index >= 15 is 0 Å². The van der Waals surface area contributed by atoms with Gasteiger partial charge >= 0.3 is 5.63 Å². The van der Waals surface area contributed by atoms with Crippen LogP contribution in [0.2, 0.25) is 0 Å². The minimum absolute atomic E-state index is 0.0171. The van der Waals surface area contributed by atoms with E-state index in [1.807, 2.05) is 0 Å². The number of nitrogens with zero attached hydrogens (tertiary/aromatic N) is 1. The summed E-state index contributed by atoms with van der Waals surface area (Å²) in [6.45, 7) is 0.802. The lowest BCUT2D eigenvalue weighted by molar-refractivity contribution is 0.146. The van der Waals surface area contributed by atoms with Crippen molar-refractivity contribution >= 4 is 11.0 Å². The van der Waals surface area contributed by atoms with Crippen LogP contribution >= 0.6 is 0 Å². The second kappa shape index (κ2) is 5.34. The summed E-state index contributed by atoms with van der Waals surface area (Å²) >= 11 is 0. The molecule has 5 nitrogen and oxygen atoms in total. The number of rotatable bonds is 4. The molecular weight excluding hydrogens is 234 g/mol. The number of para-hydroxylation sites is 1. The number of hydrogen-bond donors (Lipinski definition) is 0. The van der Waals surface area contributed by atoms with Gasteiger partial charge in [-0.3, -0.25) is 0 Å². The molecule has 0 saturated carbocycles. The fourth-order valence-electron chi connectivity index (χ4n) is 1.54. The molecular formula is C13H11NO4. The van der Waals surface area contributed by atoms with Crippen molar-refractivity contribution in [3.05, 3.63) is 40.2 Å². The zero-order chi connectivity index (χ0) is 13.0. The van der Waals surface area contributed by atoms with Crippen molar-refractivity contribution < 1.29 is 13.9 Å². The van der Waals surface area contributed by atoms with Gasteiger partial charge in [0.05, 0.1) is 6.61 Å². The van der Waals surface area contributed by atoms with Crippen LogP contribution in [-0.2, 0) is 4.74 Å². The van der Waals surface area contributed by atoms with Gasteiger partial charge in [-0.1, -0.05) is 12.1 Å². The molecule has 5 heteroatoms. The quantitative estimate of drug-likeness (QED) is 0.605. The molecule has 1 heterocycles. The molecule has 92 valence electrons. The Labute approximate surface area is 103 Å². The van der Waals surface area contributed by atoms with Crippen molar-refractivity contribution in [2.75, 3.05) is 20.3 Å². The average molecular weight is 245 g/mol. The van der Waals surface area contributed by atoms with E-state index in [1.165, 1.54) is 6.07 Å². The van der Waals surface area contributed by atoms with Gasteiger partial charge in [0.25, 0.3) is 0 Å². The van der Waals surface area contributed by atoms with Crippen LogP contribution < -0.4 is 10.4 Å². The van der Waals surface area contributed by atoms with E-state index in [0.717, 1.165) is 0 Å². The summed E-state index contributed by atoms with van der Waals surface area (Å²) in [6, 6.07) is 8.51. The van der Waals surface area contributed by atoms with Gasteiger partial charge in [-0.05, 0) is 12.1 Å². The average Bonchev–Trinajstić information content (AvgIpc) is 2.39. The van der Waals surface area contributed by atoms with Crippen molar-refractivity contribution in [2.24, 2.45) is 0 Å². The summed E-state index contributed by atoms with van der Waals surface area (Å²) in [5.74, 6) is 0.464. The van der Waals surface area contributed by atoms with Gasteiger partial charge in [-0.2, -0.15) is 5.26 Å². The molecule has 0 saturated heterocycles. The molecule has 1 aromatic heterocycles. The van der Waals surface area contributed by atoms with Crippen LogP contribution in [0.4, 0.5) is 0 Å². The third-order valence-corrected chi connectivity index (χ3v) is 2.39. The Bertz CT molecular complexity index is 654. The summed E-state index contributed by atoms with van der Waals surface area (Å²) in [6.07, 6.45) is 0. The van der Waals surface area contributed by atoms with Gasteiger partial charge in [0.15, 0.2) is 11.3 Å². The first-order chi connectivity index (χ1) is 8.76. The summed E-state index contributed by atoms with van der Waals surface area (Å²) < 4.78 is 15.4. The van der Waals surface area contributed by atoms with Gasteiger partial charge in [0.2, 0.25) is 0 Å². The highest BCUT2D eigenvalue weighted by atomic mass is 16.5. The maximum absolute atomic E-state index is 11.5. The lowest BCUT2D eigenvalue weighted by atomic mass is 10.2. The normalized spacial score (nSPS) is 10.2. The molecule has 0 spiro atoms. The van der Waals surface area contributed by atoms with Gasteiger partial charge < -0.3 is 13.9 Å². The van der Waals surface area contributed by atoms with Gasteiger partial charge in [-0.15, -0.1) is 0 Å². The predicted octanol–water partition coefficient (Wildman–Crippen LogP) is 1.69. The van der Waals surface area contributed by atoms with Crippen molar-refractivity contribution in [3.63, 3.8) is 0 Å². The van der Waals surface area contributed by atoms with E-state index in [2.05, 4.69) is 0 Å². The third kappa shape index (κ3) is 2.34. The number of nitriles is 1. The van der Waals surface area contributed by atoms with Crippen LogP contribution in [0.15, 0.2) is 33.5 Å². The first-order valence-electron chi connectivity index (χ1n) is 5.35. The van der Waals surface area contributed by atoms with E-state index in [9.17, 15) is 4.79 Å². The molecule has 0 radical (unpaired) electrons. The summed E-state index contributed by atoms with van der Waals surface area (Å²) in [5, 5.41) is 9.42. The molecule has 0 unspecified atom stereocenters. The lowest BCUT2D eigenvalue weighted by Gasteiger charge is -2.07. The maximum Gasteiger partial charge on any atom is 0.354 e. The van der Waals surface area contributed by atoms with Crippen LogP contribution in [0.3, 0.4) is 0 Å². The van der Waals surface area contributed by atoms with E-state index in [1.54, 1.807) is 31.4 Å². The zero-order valence-electron chi connectivity index (χ0n) is 9.80. The Balaban J connectivity index is 2.46. The fourth-order valence-corrected chi connectivity index (χ4v) is 1.54. The summed E-state index contributed by atoms with van der Waals surface area (Å²) in [4.78, 5) is 11.5. The van der Waals surface area contributed by atoms with Crippen LogP contribution in [0.1, 0.15) is 5.56 Å². The third-order valence-electron chi connectivity index (χ3n) is 2.39. The number of benzene rings is 1. The highest BCUT2D eigenvalue weighted by Gasteiger charge is 2.09. The molecule has 0 aliphatic heterocycles. The largest absolute Gasteiger partial charge is 0.487 e. The first kappa shape index (κ1) is 12.1. The minimum atomic E-state index is -0.659. The Hall–Kier alpha value is -2.32. The number of hydrogen-bond acceptors (Lipinski definition) is 5. The van der Waals surface area contributed by atoms with Gasteiger partial charge in [0.1, 0.15) is 18.2 Å². The van der Waals surface area contributed by atoms with Gasteiger partial charge in [0, 0.05) is 12.5 Å². The van der Waals surface area contributed by atoms with Crippen LogP contribution in [0.25, 0.3) is 11.0 Å². The molecule has 2 aromatic rings. The Morgan fingerprint density at radius 1 is 1.39 bits per heavy atom. The van der Waals surface area contributed by atoms with Crippen LogP contribution in [-0.4, -0.2) is 20.3 Å². The smallest absolute Gasteiger partial charge is 0.354 e. The monoisotopic (exact) mass is 245 g/mol. The SMILES string of the molecule is COCCOc1cccc2cc(C#N)c(=O)oc12. The lowest BCUT2D eigenvalue weighted by Crippen LogP contribution is -2.07. The first-order valence-corrected chi connectivity index (χ1v) is 5.35. The summed E-state index contributed by atoms with van der Waals surface area (Å²) in [7, 11) is 1.58. The molecule has 0 atom stereocenters. The summed E-state index contributed by atoms with van der Waals surface area (Å²) in [5.41, 5.74) is -0.332. The predicted molar refractivity (Wildman–Crippen MR) is 64.6 cm³/mol. The van der Waals surface area contributed by atoms with E-state index in [0.29, 0.717) is 29.9 Å². The molecule has 2 rings (SSSR count). The second-order valence-electron chi connectivity index (χ2n) is 3.58. The Morgan fingerprint density at radius 2 is 2.22 bits per heavy atom. The van der Waals surface area contributed by atoms with Crippen LogP contribution in [0.5, 0.6) is 5.75 Å². The van der Waals surface area contributed by atoms with E-state index in [-0.39, 0.29) is 5.56 Å². The van der Waals surface area contributed by atoms with E-state index in [4.69, 9.17) is 19.2 Å². The number of ether oxygens (including phenoxy) is 2. The zero-order valence-corrected chi connectivity index (χ0v) is 9.80. The molecule has 0 aliphatic carbocycles. The Morgan fingerprint density at radius 3 is 2.94 bits per heavy atom. The minimum Gasteiger partial charge on any atom is -0.487 e. The molecule has 0 N–H and O–H groups in total. The highest BCUT2D eigenvalue weighted by Crippen LogP contribution is 2.24. The second-order valence-corrected chi connectivity index (χ2v) is 3.58. The highest BCUT2D eigenvalue weighted by molar-refractivity contribution is 5.83. The van der Waals surface area contributed by atoms with Crippen molar-refractivity contribution in [1.29, 1.82) is 5.26 Å². The van der Waals surface area contributed by atoms with Gasteiger partial charge in [-0.25, -0.2) is 4.79 Å². The topological polar surface area (TPSA) is 72.5 Å². The van der Waals surface area contributed by atoms with Crippen LogP contribution in [0, 0.1) is 11.3 Å². The van der Waals surface area contributed by atoms with E-state index < -0.39 is 5.63 Å². The number of methoxy groups -OCH3 is 1. The molecule has 0 amide bonds. The molecule has 18 heavy (non-hydrogen) atoms. The standard InChI is InChI=1S/C13H11NO4/c1-16-5-6-17-11-4-2-3-9-7-10(8-14)13(15)18-12(9)11/h2-4,7H,5-6H2,1H3. The Kier molecular flexibility index (Phi) is 3.60. The molecule has 1 aromatic carbocycles. The number of fused-ring (bicyclic) bond motifs is 1.